The number of rotatable bonds is 2. The van der Waals surface area contributed by atoms with Crippen molar-refractivity contribution in [1.29, 1.82) is 0 Å². The van der Waals surface area contributed by atoms with Crippen LogP contribution in [0.3, 0.4) is 0 Å². The van der Waals surface area contributed by atoms with Crippen molar-refractivity contribution in [3.63, 3.8) is 0 Å². The molecule has 2 nitrogen and oxygen atoms in total. The average molecular weight is 181 g/mol. The molecule has 0 unspecified atom stereocenters. The van der Waals surface area contributed by atoms with Gasteiger partial charge in [0.2, 0.25) is 0 Å². The minimum atomic E-state index is 0.456. The van der Waals surface area contributed by atoms with Gasteiger partial charge in [-0.1, -0.05) is 23.8 Å². The van der Waals surface area contributed by atoms with E-state index < -0.39 is 0 Å². The number of halogens is 1. The van der Waals surface area contributed by atoms with Crippen LogP contribution in [-0.2, 0) is 0 Å². The number of pyridine rings is 1. The summed E-state index contributed by atoms with van der Waals surface area (Å²) in [6.07, 6.45) is 5.36. The van der Waals surface area contributed by atoms with Crippen LogP contribution in [0.1, 0.15) is 12.5 Å². The lowest BCUT2D eigenvalue weighted by Crippen LogP contribution is -1.80. The summed E-state index contributed by atoms with van der Waals surface area (Å²) in [5, 5.41) is 0.456. The third kappa shape index (κ3) is 1.71. The molecule has 0 aliphatic carbocycles. The molecule has 3 heteroatoms. The van der Waals surface area contributed by atoms with Crippen molar-refractivity contribution in [2.45, 2.75) is 6.92 Å². The Hall–Kier alpha value is -1.15. The van der Waals surface area contributed by atoms with Crippen molar-refractivity contribution in [3.05, 3.63) is 29.1 Å². The van der Waals surface area contributed by atoms with Gasteiger partial charge in [-0.3, -0.25) is 4.99 Å². The van der Waals surface area contributed by atoms with Gasteiger partial charge in [-0.15, -0.1) is 0 Å². The molecule has 0 atom stereocenters. The SMILES string of the molecule is C=Nc1ccnc(Cl)c1/C=C\C. The first-order valence-electron chi connectivity index (χ1n) is 3.53. The van der Waals surface area contributed by atoms with Crippen molar-refractivity contribution in [2.75, 3.05) is 0 Å². The number of aliphatic imine (C=N–C) groups is 1. The quantitative estimate of drug-likeness (QED) is 0.507. The summed E-state index contributed by atoms with van der Waals surface area (Å²) in [6.45, 7) is 5.36. The zero-order valence-electron chi connectivity index (χ0n) is 6.79. The lowest BCUT2D eigenvalue weighted by molar-refractivity contribution is 1.30. The Morgan fingerprint density at radius 3 is 3.00 bits per heavy atom. The van der Waals surface area contributed by atoms with Crippen LogP contribution in [0, 0.1) is 0 Å². The highest BCUT2D eigenvalue weighted by molar-refractivity contribution is 6.31. The second kappa shape index (κ2) is 4.02. The lowest BCUT2D eigenvalue weighted by atomic mass is 10.2. The summed E-state index contributed by atoms with van der Waals surface area (Å²) in [5.74, 6) is 0. The molecule has 0 aromatic carbocycles. The summed E-state index contributed by atoms with van der Waals surface area (Å²) in [4.78, 5) is 7.76. The molecule has 0 saturated carbocycles. The highest BCUT2D eigenvalue weighted by atomic mass is 35.5. The third-order valence-corrected chi connectivity index (χ3v) is 1.72. The summed E-state index contributed by atoms with van der Waals surface area (Å²) >= 11 is 5.84. The number of hydrogen-bond donors (Lipinski definition) is 0. The molecule has 0 fully saturated rings. The molecule has 0 bridgehead atoms. The van der Waals surface area contributed by atoms with Gasteiger partial charge in [0.1, 0.15) is 5.15 Å². The molecule has 0 amide bonds. The van der Waals surface area contributed by atoms with Crippen LogP contribution >= 0.6 is 11.6 Å². The second-order valence-electron chi connectivity index (χ2n) is 2.19. The normalized spacial score (nSPS) is 10.5. The first-order chi connectivity index (χ1) is 5.79. The first kappa shape index (κ1) is 8.94. The minimum Gasteiger partial charge on any atom is -0.264 e. The molecular weight excluding hydrogens is 172 g/mol. The Kier molecular flexibility index (Phi) is 3.00. The third-order valence-electron chi connectivity index (χ3n) is 1.42. The van der Waals surface area contributed by atoms with Gasteiger partial charge >= 0.3 is 0 Å². The highest BCUT2D eigenvalue weighted by Gasteiger charge is 2.01. The molecular formula is C9H9ClN2. The lowest BCUT2D eigenvalue weighted by Gasteiger charge is -2.00. The fourth-order valence-corrected chi connectivity index (χ4v) is 1.11. The standard InChI is InChI=1S/C9H9ClN2/c1-3-4-7-8(11-2)5-6-12-9(7)10/h3-6H,2H2,1H3/b4-3-. The highest BCUT2D eigenvalue weighted by Crippen LogP contribution is 2.25. The van der Waals surface area contributed by atoms with E-state index in [4.69, 9.17) is 11.6 Å². The minimum absolute atomic E-state index is 0.456. The summed E-state index contributed by atoms with van der Waals surface area (Å²) in [7, 11) is 0. The van der Waals surface area contributed by atoms with Crippen LogP contribution in [0.5, 0.6) is 0 Å². The van der Waals surface area contributed by atoms with E-state index in [1.165, 1.54) is 0 Å². The molecule has 0 radical (unpaired) electrons. The second-order valence-corrected chi connectivity index (χ2v) is 2.55. The van der Waals surface area contributed by atoms with Crippen molar-refractivity contribution in [3.8, 4) is 0 Å². The fourth-order valence-electron chi connectivity index (χ4n) is 0.897. The van der Waals surface area contributed by atoms with Gasteiger partial charge in [-0.05, 0) is 19.7 Å². The summed E-state index contributed by atoms with van der Waals surface area (Å²) in [6, 6.07) is 1.77. The molecule has 1 aromatic heterocycles. The molecule has 62 valence electrons. The van der Waals surface area contributed by atoms with Gasteiger partial charge in [-0.2, -0.15) is 0 Å². The monoisotopic (exact) mass is 180 g/mol. The molecule has 0 saturated heterocycles. The number of allylic oxidation sites excluding steroid dienone is 1. The Balaban J connectivity index is 3.28. The van der Waals surface area contributed by atoms with Crippen LogP contribution in [-0.4, -0.2) is 11.7 Å². The Morgan fingerprint density at radius 1 is 1.67 bits per heavy atom. The molecule has 0 aliphatic rings. The average Bonchev–Trinajstić information content (AvgIpc) is 2.09. The van der Waals surface area contributed by atoms with Crippen molar-refractivity contribution >= 4 is 30.1 Å². The number of hydrogen-bond acceptors (Lipinski definition) is 2. The van der Waals surface area contributed by atoms with Gasteiger partial charge in [0.25, 0.3) is 0 Å². The van der Waals surface area contributed by atoms with Gasteiger partial charge in [0.15, 0.2) is 0 Å². The van der Waals surface area contributed by atoms with E-state index in [1.54, 1.807) is 12.3 Å². The molecule has 0 spiro atoms. The van der Waals surface area contributed by atoms with E-state index in [-0.39, 0.29) is 0 Å². The Bertz CT molecular complexity index is 318. The van der Waals surface area contributed by atoms with Crippen LogP contribution in [0.25, 0.3) is 6.08 Å². The zero-order chi connectivity index (χ0) is 8.97. The van der Waals surface area contributed by atoms with Crippen LogP contribution < -0.4 is 0 Å². The maximum Gasteiger partial charge on any atom is 0.138 e. The van der Waals surface area contributed by atoms with Crippen molar-refractivity contribution in [2.24, 2.45) is 4.99 Å². The van der Waals surface area contributed by atoms with Gasteiger partial charge in [-0.25, -0.2) is 4.98 Å². The van der Waals surface area contributed by atoms with Crippen LogP contribution in [0.15, 0.2) is 23.3 Å². The maximum absolute atomic E-state index is 5.84. The van der Waals surface area contributed by atoms with Gasteiger partial charge < -0.3 is 0 Å². The van der Waals surface area contributed by atoms with Gasteiger partial charge in [0, 0.05) is 11.8 Å². The van der Waals surface area contributed by atoms with E-state index in [0.29, 0.717) is 5.15 Å². The molecule has 1 rings (SSSR count). The number of nitrogens with zero attached hydrogens (tertiary/aromatic N) is 2. The predicted octanol–water partition coefficient (Wildman–Crippen LogP) is 3.10. The molecule has 12 heavy (non-hydrogen) atoms. The van der Waals surface area contributed by atoms with E-state index in [9.17, 15) is 0 Å². The molecule has 0 N–H and O–H groups in total. The molecule has 1 aromatic rings. The smallest absolute Gasteiger partial charge is 0.138 e. The first-order valence-corrected chi connectivity index (χ1v) is 3.91. The van der Waals surface area contributed by atoms with Crippen LogP contribution in [0.2, 0.25) is 5.15 Å². The zero-order valence-corrected chi connectivity index (χ0v) is 7.54. The Morgan fingerprint density at radius 2 is 2.42 bits per heavy atom. The largest absolute Gasteiger partial charge is 0.264 e. The van der Waals surface area contributed by atoms with E-state index in [2.05, 4.69) is 16.7 Å². The van der Waals surface area contributed by atoms with Crippen molar-refractivity contribution < 1.29 is 0 Å². The molecule has 1 heterocycles. The fraction of sp³-hybridized carbons (Fsp3) is 0.111. The van der Waals surface area contributed by atoms with Crippen LogP contribution in [0.4, 0.5) is 5.69 Å². The molecule has 0 aliphatic heterocycles. The Labute approximate surface area is 76.6 Å². The topological polar surface area (TPSA) is 25.2 Å². The van der Waals surface area contributed by atoms with Crippen molar-refractivity contribution in [1.82, 2.24) is 4.98 Å². The maximum atomic E-state index is 5.84. The summed E-state index contributed by atoms with van der Waals surface area (Å²) in [5.41, 5.74) is 1.57. The van der Waals surface area contributed by atoms with E-state index >= 15 is 0 Å². The summed E-state index contributed by atoms with van der Waals surface area (Å²) < 4.78 is 0. The predicted molar refractivity (Wildman–Crippen MR) is 53.2 cm³/mol. The number of aromatic nitrogens is 1. The van der Waals surface area contributed by atoms with Gasteiger partial charge in [0.05, 0.1) is 5.69 Å². The van der Waals surface area contributed by atoms with E-state index in [0.717, 1.165) is 11.3 Å². The van der Waals surface area contributed by atoms with E-state index in [1.807, 2.05) is 19.1 Å².